The Kier molecular flexibility index (Phi) is 13.1. The zero-order chi connectivity index (χ0) is 45.4. The quantitative estimate of drug-likeness (QED) is 0.0907. The number of methoxy groups -OCH3 is 2. The third-order valence-corrected chi connectivity index (χ3v) is 14.7. The number of hydrogen-bond acceptors (Lipinski definition) is 17. The van der Waals surface area contributed by atoms with E-state index in [2.05, 4.69) is 30.6 Å². The van der Waals surface area contributed by atoms with E-state index < -0.39 is 47.9 Å². The molecule has 0 radical (unpaired) electrons. The topological polar surface area (TPSA) is 184 Å². The van der Waals surface area contributed by atoms with Crippen molar-refractivity contribution >= 4 is 45.5 Å². The van der Waals surface area contributed by atoms with Crippen molar-refractivity contribution in [1.82, 2.24) is 35.6 Å². The van der Waals surface area contributed by atoms with Gasteiger partial charge in [-0.05, 0) is 62.1 Å². The Hall–Kier alpha value is -4.99. The van der Waals surface area contributed by atoms with Gasteiger partial charge in [-0.3, -0.25) is 15.0 Å². The number of benzene rings is 1. The van der Waals surface area contributed by atoms with Crippen molar-refractivity contribution in [2.24, 2.45) is 0 Å². The van der Waals surface area contributed by atoms with E-state index in [4.69, 9.17) is 33.4 Å². The second-order valence-corrected chi connectivity index (χ2v) is 18.8. The number of aromatic nitrogens is 5. The number of halogens is 2. The van der Waals surface area contributed by atoms with Crippen LogP contribution in [0.2, 0.25) is 0 Å². The third kappa shape index (κ3) is 9.06. The van der Waals surface area contributed by atoms with Crippen LogP contribution in [-0.2, 0) is 29.0 Å². The van der Waals surface area contributed by atoms with Gasteiger partial charge in [0.25, 0.3) is 0 Å². The van der Waals surface area contributed by atoms with Crippen LogP contribution in [0.1, 0.15) is 54.1 Å². The van der Waals surface area contributed by atoms with Crippen molar-refractivity contribution in [3.63, 3.8) is 0 Å². The zero-order valence-corrected chi connectivity index (χ0v) is 37.9. The summed E-state index contributed by atoms with van der Waals surface area (Å²) >= 11 is 3.23. The highest BCUT2D eigenvalue weighted by atomic mass is 32.2. The van der Waals surface area contributed by atoms with Crippen LogP contribution in [0.25, 0.3) is 21.9 Å². The zero-order valence-electron chi connectivity index (χ0n) is 36.2. The number of nitrogens with zero attached hydrogens (tertiary/aromatic N) is 5. The SMILES string of the molecule is COc1ccc2ccc(F)c(C(C(O)[C@@H]3CC[C@@H](NCc4cc5c(cn4)OCS5)CO3)[C@](O)(Cc3c(F)cnc4ccc(OC)nc34)[C@@H]3CC[C@@H](NCc4cc5c(cn4)OCS5)CO3)c2n1. The highest BCUT2D eigenvalue weighted by Crippen LogP contribution is 2.47. The first-order valence-electron chi connectivity index (χ1n) is 21.9. The summed E-state index contributed by atoms with van der Waals surface area (Å²) in [4.78, 5) is 24.7. The molecule has 346 valence electrons. The summed E-state index contributed by atoms with van der Waals surface area (Å²) in [6.45, 7) is 1.31. The lowest BCUT2D eigenvalue weighted by Crippen LogP contribution is -2.59. The smallest absolute Gasteiger partial charge is 0.213 e. The van der Waals surface area contributed by atoms with Crippen molar-refractivity contribution < 1.29 is 47.4 Å². The average Bonchev–Trinajstić information content (AvgIpc) is 4.04. The normalized spacial score (nSPS) is 22.2. The first-order chi connectivity index (χ1) is 32.2. The highest BCUT2D eigenvalue weighted by molar-refractivity contribution is 7.99. The maximum absolute atomic E-state index is 17.1. The van der Waals surface area contributed by atoms with Crippen LogP contribution < -0.4 is 29.6 Å². The van der Waals surface area contributed by atoms with Gasteiger partial charge < -0.3 is 49.3 Å². The van der Waals surface area contributed by atoms with Crippen molar-refractivity contribution in [3.05, 3.63) is 101 Å². The predicted molar refractivity (Wildman–Crippen MR) is 242 cm³/mol. The molecule has 15 nitrogen and oxygen atoms in total. The van der Waals surface area contributed by atoms with Crippen molar-refractivity contribution in [2.45, 2.75) is 96.9 Å². The molecule has 9 heterocycles. The van der Waals surface area contributed by atoms with Gasteiger partial charge in [-0.2, -0.15) is 0 Å². The van der Waals surface area contributed by atoms with E-state index in [0.29, 0.717) is 55.1 Å². The summed E-state index contributed by atoms with van der Waals surface area (Å²) in [6.07, 6.45) is 2.28. The fourth-order valence-electron chi connectivity index (χ4n) is 9.46. The fraction of sp³-hybridized carbons (Fsp3) is 0.426. The number of pyridine rings is 5. The Morgan fingerprint density at radius 1 is 0.758 bits per heavy atom. The molecule has 0 saturated carbocycles. The van der Waals surface area contributed by atoms with E-state index in [9.17, 15) is 10.2 Å². The first-order valence-corrected chi connectivity index (χ1v) is 23.8. The van der Waals surface area contributed by atoms with Crippen LogP contribution in [0.4, 0.5) is 8.78 Å². The lowest BCUT2D eigenvalue weighted by atomic mass is 9.68. The second kappa shape index (κ2) is 19.3. The number of thioether (sulfide) groups is 2. The maximum Gasteiger partial charge on any atom is 0.213 e. The number of nitrogens with one attached hydrogen (secondary N) is 2. The Labute approximate surface area is 387 Å². The minimum atomic E-state index is -2.22. The molecule has 0 bridgehead atoms. The maximum atomic E-state index is 17.1. The Balaban J connectivity index is 0.997. The second-order valence-electron chi connectivity index (χ2n) is 16.9. The number of aliphatic hydroxyl groups excluding tert-OH is 1. The molecule has 7 atom stereocenters. The van der Waals surface area contributed by atoms with E-state index in [1.54, 1.807) is 66.2 Å². The van der Waals surface area contributed by atoms with Gasteiger partial charge in [-0.25, -0.2) is 18.7 Å². The standard InChI is InChI=1S/C47H49F2N7O8S2/c1-59-40-11-4-25-3-7-31(48)42(44(25)55-40)43(46(57)34-9-5-26(21-61-34)50-16-28-13-37-35(19-52-28)63-23-65-37)47(58,15-30-32(49)18-54-33-8-12-41(60-2)56-45(30)33)39-10-6-27(22-62-39)51-17-29-14-38-36(20-53-29)64-24-66-38/h3-4,7-8,11-14,18-20,26-27,34,39,43,46,50-51,57-58H,5-6,9-10,15-17,21-24H2,1-2H3/t26-,27-,34+,39+,43?,46?,47+/m1/s1. The van der Waals surface area contributed by atoms with E-state index >= 15 is 8.78 Å². The van der Waals surface area contributed by atoms with Gasteiger partial charge in [-0.1, -0.05) is 23.5 Å². The molecule has 4 aliphatic heterocycles. The van der Waals surface area contributed by atoms with Crippen LogP contribution in [0, 0.1) is 11.6 Å². The molecule has 4 aliphatic rings. The number of rotatable bonds is 15. The molecule has 19 heteroatoms. The van der Waals surface area contributed by atoms with E-state index in [-0.39, 0.29) is 65.6 Å². The Bertz CT molecular complexity index is 2730. The molecule has 0 spiro atoms. The van der Waals surface area contributed by atoms with Crippen molar-refractivity contribution in [3.8, 4) is 23.3 Å². The van der Waals surface area contributed by atoms with Gasteiger partial charge in [0.1, 0.15) is 29.1 Å². The van der Waals surface area contributed by atoms with Gasteiger partial charge in [0.05, 0.1) is 102 Å². The number of hydrogen-bond donors (Lipinski definition) is 4. The third-order valence-electron chi connectivity index (χ3n) is 12.9. The first kappa shape index (κ1) is 44.8. The van der Waals surface area contributed by atoms with Gasteiger partial charge in [0.15, 0.2) is 11.5 Å². The van der Waals surface area contributed by atoms with Gasteiger partial charge >= 0.3 is 0 Å². The van der Waals surface area contributed by atoms with Crippen LogP contribution in [0.5, 0.6) is 23.3 Å². The molecule has 2 fully saturated rings. The molecule has 0 amide bonds. The molecular weight excluding hydrogens is 893 g/mol. The lowest BCUT2D eigenvalue weighted by Gasteiger charge is -2.48. The number of aliphatic hydroxyl groups is 2. The molecule has 10 rings (SSSR count). The molecule has 5 aromatic heterocycles. The van der Waals surface area contributed by atoms with Crippen LogP contribution in [-0.4, -0.2) is 110 Å². The Morgan fingerprint density at radius 2 is 1.38 bits per heavy atom. The fourth-order valence-corrected chi connectivity index (χ4v) is 11.0. The van der Waals surface area contributed by atoms with E-state index in [0.717, 1.165) is 38.9 Å². The molecule has 6 aromatic rings. The summed E-state index contributed by atoms with van der Waals surface area (Å²) in [5.74, 6) is 0.0817. The average molecular weight is 942 g/mol. The van der Waals surface area contributed by atoms with Gasteiger partial charge in [0, 0.05) is 66.2 Å². The number of ether oxygens (including phenoxy) is 6. The van der Waals surface area contributed by atoms with Crippen molar-refractivity contribution in [2.75, 3.05) is 39.3 Å². The highest BCUT2D eigenvalue weighted by Gasteiger charge is 2.54. The minimum Gasteiger partial charge on any atom is -0.481 e. The largest absolute Gasteiger partial charge is 0.481 e. The van der Waals surface area contributed by atoms with Gasteiger partial charge in [-0.15, -0.1) is 0 Å². The summed E-state index contributed by atoms with van der Waals surface area (Å²) in [5, 5.41) is 34.4. The Morgan fingerprint density at radius 3 is 2.00 bits per heavy atom. The van der Waals surface area contributed by atoms with Crippen LogP contribution >= 0.6 is 23.5 Å². The summed E-state index contributed by atoms with van der Waals surface area (Å²) in [6, 6.07) is 13.3. The van der Waals surface area contributed by atoms with E-state index in [1.165, 1.54) is 20.3 Å². The number of fused-ring (bicyclic) bond motifs is 4. The summed E-state index contributed by atoms with van der Waals surface area (Å²) in [7, 11) is 2.90. The summed E-state index contributed by atoms with van der Waals surface area (Å²) < 4.78 is 68.8. The molecule has 4 N–H and O–H groups in total. The monoisotopic (exact) mass is 941 g/mol. The van der Waals surface area contributed by atoms with Crippen LogP contribution in [0.15, 0.2) is 76.9 Å². The summed E-state index contributed by atoms with van der Waals surface area (Å²) in [5.41, 5.74) is 0.0575. The molecule has 2 unspecified atom stereocenters. The lowest BCUT2D eigenvalue weighted by molar-refractivity contribution is -0.177. The molecule has 0 aliphatic carbocycles. The minimum absolute atomic E-state index is 0.00267. The van der Waals surface area contributed by atoms with Crippen LogP contribution in [0.3, 0.4) is 0 Å². The van der Waals surface area contributed by atoms with Crippen molar-refractivity contribution in [1.29, 1.82) is 0 Å². The molecule has 1 aromatic carbocycles. The molecular formula is C47H49F2N7O8S2. The van der Waals surface area contributed by atoms with Gasteiger partial charge in [0.2, 0.25) is 11.8 Å². The molecule has 66 heavy (non-hydrogen) atoms. The predicted octanol–water partition coefficient (Wildman–Crippen LogP) is 6.24. The van der Waals surface area contributed by atoms with E-state index in [1.807, 2.05) is 12.1 Å². The molecule has 2 saturated heterocycles.